The number of fused-ring (bicyclic) bond motifs is 1. The number of carbonyl (C=O) groups excluding carboxylic acids is 1. The van der Waals surface area contributed by atoms with Crippen LogP contribution >= 0.6 is 22.7 Å². The lowest BCUT2D eigenvalue weighted by molar-refractivity contribution is -0.134. The summed E-state index contributed by atoms with van der Waals surface area (Å²) in [6.07, 6.45) is 3.57. The molecule has 0 radical (unpaired) electrons. The molecule has 0 fully saturated rings. The fraction of sp³-hybridized carbons (Fsp3) is 0.158. The van der Waals surface area contributed by atoms with Crippen molar-refractivity contribution in [2.45, 2.75) is 19.0 Å². The first kappa shape index (κ1) is 17.1. The van der Waals surface area contributed by atoms with Crippen molar-refractivity contribution in [1.29, 1.82) is 0 Å². The quantitative estimate of drug-likeness (QED) is 0.516. The maximum absolute atomic E-state index is 13.1. The van der Waals surface area contributed by atoms with Crippen molar-refractivity contribution >= 4 is 44.5 Å². The number of aromatic nitrogens is 2. The number of furan rings is 1. The van der Waals surface area contributed by atoms with E-state index in [0.29, 0.717) is 22.4 Å². The van der Waals surface area contributed by atoms with Gasteiger partial charge in [-0.3, -0.25) is 14.2 Å². The van der Waals surface area contributed by atoms with Crippen LogP contribution in [0.3, 0.4) is 0 Å². The van der Waals surface area contributed by atoms with Crippen molar-refractivity contribution in [2.75, 3.05) is 0 Å². The zero-order valence-corrected chi connectivity index (χ0v) is 16.2. The molecule has 1 aliphatic rings. The highest BCUT2D eigenvalue weighted by Crippen LogP contribution is 2.34. The molecule has 1 atom stereocenters. The van der Waals surface area contributed by atoms with Crippen LogP contribution in [-0.4, -0.2) is 26.2 Å². The van der Waals surface area contributed by atoms with Gasteiger partial charge in [0.2, 0.25) is 0 Å². The van der Waals surface area contributed by atoms with Crippen molar-refractivity contribution in [3.05, 3.63) is 74.7 Å². The van der Waals surface area contributed by atoms with Crippen LogP contribution in [0.5, 0.6) is 0 Å². The van der Waals surface area contributed by atoms with Crippen molar-refractivity contribution < 1.29 is 9.21 Å². The normalized spacial score (nSPS) is 16.6. The Hall–Kier alpha value is -3.04. The maximum Gasteiger partial charge on any atom is 0.263 e. The zero-order valence-electron chi connectivity index (χ0n) is 14.5. The van der Waals surface area contributed by atoms with Crippen LogP contribution in [-0.2, 0) is 11.3 Å². The molecule has 1 amide bonds. The smallest absolute Gasteiger partial charge is 0.263 e. The summed E-state index contributed by atoms with van der Waals surface area (Å²) in [5, 5.41) is 10.3. The molecule has 0 unspecified atom stereocenters. The molecule has 0 N–H and O–H groups in total. The van der Waals surface area contributed by atoms with Crippen LogP contribution in [0.15, 0.2) is 68.0 Å². The highest BCUT2D eigenvalue weighted by molar-refractivity contribution is 7.16. The monoisotopic (exact) mass is 410 g/mol. The number of amides is 1. The van der Waals surface area contributed by atoms with E-state index in [0.717, 1.165) is 10.6 Å². The van der Waals surface area contributed by atoms with Crippen LogP contribution in [0.1, 0.15) is 23.1 Å². The second kappa shape index (κ2) is 6.84. The summed E-state index contributed by atoms with van der Waals surface area (Å²) in [7, 11) is 0. The van der Waals surface area contributed by atoms with Crippen LogP contribution < -0.4 is 5.56 Å². The SMILES string of the molecule is O=C(Cn1cnc2sccc2c1=O)N1N=C(c2cccs2)C[C@@H]1c1ccco1. The van der Waals surface area contributed by atoms with Gasteiger partial charge in [-0.25, -0.2) is 9.99 Å². The minimum atomic E-state index is -0.326. The third kappa shape index (κ3) is 2.88. The van der Waals surface area contributed by atoms with Crippen molar-refractivity contribution in [3.63, 3.8) is 0 Å². The number of nitrogens with zero attached hydrogens (tertiary/aromatic N) is 4. The predicted molar refractivity (Wildman–Crippen MR) is 108 cm³/mol. The van der Waals surface area contributed by atoms with Gasteiger partial charge < -0.3 is 4.42 Å². The van der Waals surface area contributed by atoms with Crippen molar-refractivity contribution in [3.8, 4) is 0 Å². The summed E-state index contributed by atoms with van der Waals surface area (Å²) in [6, 6.07) is 8.97. The molecule has 0 aliphatic carbocycles. The summed E-state index contributed by atoms with van der Waals surface area (Å²) in [4.78, 5) is 31.6. The van der Waals surface area contributed by atoms with Gasteiger partial charge in [0, 0.05) is 6.42 Å². The Kier molecular flexibility index (Phi) is 4.18. The van der Waals surface area contributed by atoms with Gasteiger partial charge in [-0.05, 0) is 35.0 Å². The molecule has 0 saturated heterocycles. The Balaban J connectivity index is 1.48. The summed E-state index contributed by atoms with van der Waals surface area (Å²) in [6.45, 7) is -0.129. The molecule has 0 aromatic carbocycles. The second-order valence-corrected chi connectivity index (χ2v) is 8.16. The lowest BCUT2D eigenvalue weighted by atomic mass is 10.1. The molecular weight excluding hydrogens is 396 g/mol. The Morgan fingerprint density at radius 2 is 2.14 bits per heavy atom. The van der Waals surface area contributed by atoms with E-state index >= 15 is 0 Å². The van der Waals surface area contributed by atoms with E-state index in [1.807, 2.05) is 29.0 Å². The average Bonchev–Trinajstić information content (AvgIpc) is 3.48. The molecule has 140 valence electrons. The Morgan fingerprint density at radius 3 is 2.93 bits per heavy atom. The molecule has 7 nitrogen and oxygen atoms in total. The van der Waals surface area contributed by atoms with Gasteiger partial charge in [-0.1, -0.05) is 6.07 Å². The van der Waals surface area contributed by atoms with Gasteiger partial charge in [0.15, 0.2) is 0 Å². The van der Waals surface area contributed by atoms with Gasteiger partial charge in [0.05, 0.1) is 28.6 Å². The number of hydrogen-bond donors (Lipinski definition) is 0. The van der Waals surface area contributed by atoms with E-state index in [2.05, 4.69) is 10.1 Å². The first-order valence-corrected chi connectivity index (χ1v) is 10.4. The molecule has 4 aromatic heterocycles. The Morgan fingerprint density at radius 1 is 1.21 bits per heavy atom. The van der Waals surface area contributed by atoms with E-state index in [-0.39, 0.29) is 24.1 Å². The summed E-state index contributed by atoms with van der Waals surface area (Å²) >= 11 is 2.98. The van der Waals surface area contributed by atoms with Gasteiger partial charge >= 0.3 is 0 Å². The molecule has 0 saturated carbocycles. The third-order valence-electron chi connectivity index (χ3n) is 4.60. The van der Waals surface area contributed by atoms with Crippen molar-refractivity contribution in [2.24, 2.45) is 5.10 Å². The van der Waals surface area contributed by atoms with Gasteiger partial charge in [0.1, 0.15) is 23.2 Å². The summed E-state index contributed by atoms with van der Waals surface area (Å²) in [5.74, 6) is 0.383. The number of hydrazone groups is 1. The highest BCUT2D eigenvalue weighted by atomic mass is 32.1. The molecular formula is C19H14N4O3S2. The van der Waals surface area contributed by atoms with Crippen LogP contribution in [0.2, 0.25) is 0 Å². The van der Waals surface area contributed by atoms with E-state index < -0.39 is 0 Å². The molecule has 4 aromatic rings. The number of rotatable bonds is 4. The fourth-order valence-corrected chi connectivity index (χ4v) is 4.70. The van der Waals surface area contributed by atoms with Gasteiger partial charge in [-0.2, -0.15) is 5.10 Å². The first-order valence-electron chi connectivity index (χ1n) is 8.60. The summed E-state index contributed by atoms with van der Waals surface area (Å²) < 4.78 is 6.87. The molecule has 1 aliphatic heterocycles. The summed E-state index contributed by atoms with van der Waals surface area (Å²) in [5.41, 5.74) is 0.610. The topological polar surface area (TPSA) is 80.7 Å². The third-order valence-corrected chi connectivity index (χ3v) is 6.34. The largest absolute Gasteiger partial charge is 0.467 e. The van der Waals surface area contributed by atoms with Gasteiger partial charge in [0.25, 0.3) is 11.5 Å². The van der Waals surface area contributed by atoms with Crippen LogP contribution in [0.25, 0.3) is 10.2 Å². The molecule has 9 heteroatoms. The second-order valence-electron chi connectivity index (χ2n) is 6.31. The minimum Gasteiger partial charge on any atom is -0.467 e. The molecule has 28 heavy (non-hydrogen) atoms. The molecule has 0 bridgehead atoms. The maximum atomic E-state index is 13.1. The number of thiophene rings is 2. The first-order chi connectivity index (χ1) is 13.7. The van der Waals surface area contributed by atoms with E-state index in [1.165, 1.54) is 27.2 Å². The molecule has 5 rings (SSSR count). The van der Waals surface area contributed by atoms with Gasteiger partial charge in [-0.15, -0.1) is 22.7 Å². The van der Waals surface area contributed by atoms with E-state index in [9.17, 15) is 9.59 Å². The molecule has 5 heterocycles. The standard InChI is InChI=1S/C19H14N4O3S2/c24-17(10-22-11-20-18-12(19(22)25)5-8-28-18)23-14(15-3-1-6-26-15)9-13(21-23)16-4-2-7-27-16/h1-8,11,14H,9-10H2/t14-/m1/s1. The highest BCUT2D eigenvalue weighted by Gasteiger charge is 2.35. The lowest BCUT2D eigenvalue weighted by Crippen LogP contribution is -2.33. The minimum absolute atomic E-state index is 0.129. The molecule has 0 spiro atoms. The number of hydrogen-bond acceptors (Lipinski definition) is 7. The fourth-order valence-electron chi connectivity index (χ4n) is 3.26. The van der Waals surface area contributed by atoms with Crippen LogP contribution in [0, 0.1) is 0 Å². The Bertz CT molecular complexity index is 1220. The van der Waals surface area contributed by atoms with Crippen molar-refractivity contribution in [1.82, 2.24) is 14.6 Å². The van der Waals surface area contributed by atoms with E-state index in [4.69, 9.17) is 4.42 Å². The lowest BCUT2D eigenvalue weighted by Gasteiger charge is -2.20. The average molecular weight is 410 g/mol. The Labute approximate surface area is 167 Å². The zero-order chi connectivity index (χ0) is 19.1. The van der Waals surface area contributed by atoms with E-state index in [1.54, 1.807) is 29.7 Å². The number of carbonyl (C=O) groups is 1. The van der Waals surface area contributed by atoms with Crippen LogP contribution in [0.4, 0.5) is 0 Å². The predicted octanol–water partition coefficient (Wildman–Crippen LogP) is 3.49.